The lowest BCUT2D eigenvalue weighted by molar-refractivity contribution is -0.118. The Morgan fingerprint density at radius 1 is 1.09 bits per heavy atom. The number of anilines is 1. The van der Waals surface area contributed by atoms with Gasteiger partial charge in [0.2, 0.25) is 5.91 Å². The van der Waals surface area contributed by atoms with Crippen LogP contribution < -0.4 is 29.2 Å². The molecular weight excluding hydrogens is 426 g/mol. The van der Waals surface area contributed by atoms with Crippen molar-refractivity contribution in [2.45, 2.75) is 26.4 Å². The molecule has 1 aromatic carbocycles. The standard InChI is InChI=1S/C24H29N3O6/c1-15(28)25-13-14-27(20-10-9-19(30-4)22(26-20)32-6)23(29)17-7-8-18-16(21(17)31-5)11-12-24(2,3)33-18/h7-12H,13-14H2,1-6H3,(H,25,28). The number of ether oxygens (including phenoxy) is 4. The molecule has 0 atom stereocenters. The van der Waals surface area contributed by atoms with E-state index in [1.807, 2.05) is 26.0 Å². The molecule has 0 bridgehead atoms. The zero-order valence-corrected chi connectivity index (χ0v) is 19.7. The van der Waals surface area contributed by atoms with E-state index in [0.29, 0.717) is 34.2 Å². The molecule has 9 heteroatoms. The van der Waals surface area contributed by atoms with Gasteiger partial charge in [-0.1, -0.05) is 0 Å². The Kier molecular flexibility index (Phi) is 7.10. The number of rotatable bonds is 8. The van der Waals surface area contributed by atoms with Crippen molar-refractivity contribution in [1.29, 1.82) is 0 Å². The largest absolute Gasteiger partial charge is 0.495 e. The van der Waals surface area contributed by atoms with Crippen LogP contribution in [0.1, 0.15) is 36.7 Å². The van der Waals surface area contributed by atoms with E-state index in [9.17, 15) is 9.59 Å². The highest BCUT2D eigenvalue weighted by Crippen LogP contribution is 2.40. The highest BCUT2D eigenvalue weighted by Gasteiger charge is 2.29. The Bertz CT molecular complexity index is 1080. The number of benzene rings is 1. The van der Waals surface area contributed by atoms with Crippen LogP contribution in [0.2, 0.25) is 0 Å². The summed E-state index contributed by atoms with van der Waals surface area (Å²) in [4.78, 5) is 31.0. The number of methoxy groups -OCH3 is 3. The minimum absolute atomic E-state index is 0.181. The highest BCUT2D eigenvalue weighted by atomic mass is 16.5. The molecule has 0 saturated heterocycles. The molecule has 1 aliphatic heterocycles. The molecule has 0 aliphatic carbocycles. The summed E-state index contributed by atoms with van der Waals surface area (Å²) in [6.45, 7) is 5.73. The predicted molar refractivity (Wildman–Crippen MR) is 124 cm³/mol. The summed E-state index contributed by atoms with van der Waals surface area (Å²) >= 11 is 0. The van der Waals surface area contributed by atoms with Crippen LogP contribution in [0.15, 0.2) is 30.3 Å². The predicted octanol–water partition coefficient (Wildman–Crippen LogP) is 3.07. The third-order valence-electron chi connectivity index (χ3n) is 5.07. The fourth-order valence-corrected chi connectivity index (χ4v) is 3.50. The van der Waals surface area contributed by atoms with Gasteiger partial charge in [-0.2, -0.15) is 4.98 Å². The van der Waals surface area contributed by atoms with E-state index in [0.717, 1.165) is 0 Å². The monoisotopic (exact) mass is 455 g/mol. The number of nitrogens with zero attached hydrogens (tertiary/aromatic N) is 2. The van der Waals surface area contributed by atoms with Crippen molar-refractivity contribution in [3.63, 3.8) is 0 Å². The quantitative estimate of drug-likeness (QED) is 0.653. The molecule has 9 nitrogen and oxygen atoms in total. The van der Waals surface area contributed by atoms with E-state index < -0.39 is 5.60 Å². The van der Waals surface area contributed by atoms with Crippen LogP contribution in [-0.4, -0.2) is 56.8 Å². The average Bonchev–Trinajstić information content (AvgIpc) is 2.79. The first-order chi connectivity index (χ1) is 15.7. The molecule has 0 unspecified atom stereocenters. The molecule has 1 N–H and O–H groups in total. The second kappa shape index (κ2) is 9.81. The number of aromatic nitrogens is 1. The SMILES string of the molecule is COc1ccc(N(CCNC(C)=O)C(=O)c2ccc3c(c2OC)C=CC(C)(C)O3)nc1OC. The number of carbonyl (C=O) groups is 2. The molecular formula is C24H29N3O6. The third-order valence-corrected chi connectivity index (χ3v) is 5.07. The van der Waals surface area contributed by atoms with Crippen LogP contribution in [0.5, 0.6) is 23.1 Å². The summed E-state index contributed by atoms with van der Waals surface area (Å²) in [5.41, 5.74) is 0.561. The van der Waals surface area contributed by atoms with Gasteiger partial charge in [-0.25, -0.2) is 0 Å². The normalized spacial score (nSPS) is 13.4. The van der Waals surface area contributed by atoms with E-state index in [2.05, 4.69) is 10.3 Å². The van der Waals surface area contributed by atoms with Crippen LogP contribution in [0.4, 0.5) is 5.82 Å². The zero-order chi connectivity index (χ0) is 24.2. The third kappa shape index (κ3) is 5.19. The van der Waals surface area contributed by atoms with Gasteiger partial charge in [0, 0.05) is 20.0 Å². The fourth-order valence-electron chi connectivity index (χ4n) is 3.50. The Morgan fingerprint density at radius 3 is 2.48 bits per heavy atom. The molecule has 33 heavy (non-hydrogen) atoms. The van der Waals surface area contributed by atoms with Crippen LogP contribution >= 0.6 is 0 Å². The fraction of sp³-hybridized carbons (Fsp3) is 0.375. The molecule has 0 saturated carbocycles. The van der Waals surface area contributed by atoms with Crippen molar-refractivity contribution in [2.24, 2.45) is 0 Å². The van der Waals surface area contributed by atoms with Crippen LogP contribution in [0.25, 0.3) is 6.08 Å². The molecule has 2 amide bonds. The van der Waals surface area contributed by atoms with E-state index in [1.54, 1.807) is 24.3 Å². The smallest absolute Gasteiger partial charge is 0.263 e. The highest BCUT2D eigenvalue weighted by molar-refractivity contribution is 6.08. The molecule has 2 heterocycles. The number of pyridine rings is 1. The lowest BCUT2D eigenvalue weighted by Crippen LogP contribution is -2.39. The van der Waals surface area contributed by atoms with Crippen LogP contribution in [0, 0.1) is 0 Å². The number of nitrogens with one attached hydrogen (secondary N) is 1. The van der Waals surface area contributed by atoms with Crippen LogP contribution in [0.3, 0.4) is 0 Å². The van der Waals surface area contributed by atoms with Gasteiger partial charge in [0.15, 0.2) is 5.75 Å². The second-order valence-electron chi connectivity index (χ2n) is 7.92. The van der Waals surface area contributed by atoms with E-state index in [1.165, 1.54) is 33.2 Å². The molecule has 0 fully saturated rings. The Balaban J connectivity index is 2.04. The number of fused-ring (bicyclic) bond motifs is 1. The van der Waals surface area contributed by atoms with Crippen molar-refractivity contribution in [1.82, 2.24) is 10.3 Å². The minimum atomic E-state index is -0.461. The molecule has 3 rings (SSSR count). The Labute approximate surface area is 193 Å². The molecule has 1 aromatic heterocycles. The first kappa shape index (κ1) is 23.9. The maximum Gasteiger partial charge on any atom is 0.263 e. The Morgan fingerprint density at radius 2 is 1.85 bits per heavy atom. The molecule has 176 valence electrons. The Hall–Kier alpha value is -3.75. The second-order valence-corrected chi connectivity index (χ2v) is 7.92. The number of hydrogen-bond acceptors (Lipinski definition) is 7. The topological polar surface area (TPSA) is 99.2 Å². The van der Waals surface area contributed by atoms with Gasteiger partial charge in [0.25, 0.3) is 11.8 Å². The summed E-state index contributed by atoms with van der Waals surface area (Å²) in [7, 11) is 4.49. The van der Waals surface area contributed by atoms with Crippen molar-refractivity contribution in [3.8, 4) is 23.1 Å². The van der Waals surface area contributed by atoms with E-state index in [-0.39, 0.29) is 30.8 Å². The van der Waals surface area contributed by atoms with Crippen molar-refractivity contribution < 1.29 is 28.5 Å². The minimum Gasteiger partial charge on any atom is -0.495 e. The van der Waals surface area contributed by atoms with Gasteiger partial charge in [-0.3, -0.25) is 14.5 Å². The van der Waals surface area contributed by atoms with Gasteiger partial charge in [-0.05, 0) is 50.3 Å². The van der Waals surface area contributed by atoms with Crippen LogP contribution in [-0.2, 0) is 4.79 Å². The lowest BCUT2D eigenvalue weighted by Gasteiger charge is -2.30. The zero-order valence-electron chi connectivity index (χ0n) is 19.7. The summed E-state index contributed by atoms with van der Waals surface area (Å²) < 4.78 is 22.2. The summed E-state index contributed by atoms with van der Waals surface area (Å²) in [5.74, 6) is 1.50. The molecule has 1 aliphatic rings. The maximum atomic E-state index is 13.7. The van der Waals surface area contributed by atoms with Crippen molar-refractivity contribution in [3.05, 3.63) is 41.5 Å². The van der Waals surface area contributed by atoms with E-state index in [4.69, 9.17) is 18.9 Å². The van der Waals surface area contributed by atoms with Gasteiger partial charge in [-0.15, -0.1) is 0 Å². The first-order valence-electron chi connectivity index (χ1n) is 10.4. The summed E-state index contributed by atoms with van der Waals surface area (Å²) in [6, 6.07) is 6.75. The number of hydrogen-bond donors (Lipinski definition) is 1. The first-order valence-corrected chi connectivity index (χ1v) is 10.4. The van der Waals surface area contributed by atoms with E-state index >= 15 is 0 Å². The lowest BCUT2D eigenvalue weighted by atomic mass is 9.99. The molecule has 2 aromatic rings. The molecule has 0 radical (unpaired) electrons. The summed E-state index contributed by atoms with van der Waals surface area (Å²) in [6.07, 6.45) is 3.81. The molecule has 0 spiro atoms. The maximum absolute atomic E-state index is 13.7. The van der Waals surface area contributed by atoms with Crippen molar-refractivity contribution in [2.75, 3.05) is 39.3 Å². The average molecular weight is 456 g/mol. The van der Waals surface area contributed by atoms with Gasteiger partial charge in [0.1, 0.15) is 22.9 Å². The number of carbonyl (C=O) groups excluding carboxylic acids is 2. The summed E-state index contributed by atoms with van der Waals surface area (Å²) in [5, 5.41) is 2.71. The van der Waals surface area contributed by atoms with Gasteiger partial charge >= 0.3 is 0 Å². The van der Waals surface area contributed by atoms with Crippen molar-refractivity contribution >= 4 is 23.7 Å². The number of amides is 2. The van der Waals surface area contributed by atoms with Gasteiger partial charge in [0.05, 0.1) is 32.5 Å². The van der Waals surface area contributed by atoms with Gasteiger partial charge < -0.3 is 24.3 Å².